The molecule has 0 unspecified atom stereocenters. The van der Waals surface area contributed by atoms with Crippen LogP contribution in [0.15, 0.2) is 30.5 Å². The minimum atomic E-state index is -0.857. The number of allylic oxidation sites excluding steroid dienone is 1. The maximum Gasteiger partial charge on any atom is 0.220 e. The molecule has 1 saturated carbocycles. The molecule has 0 bridgehead atoms. The van der Waals surface area contributed by atoms with Crippen molar-refractivity contribution >= 4 is 23.1 Å². The lowest BCUT2D eigenvalue weighted by atomic mass is 9.76. The van der Waals surface area contributed by atoms with E-state index >= 15 is 0 Å². The quantitative estimate of drug-likeness (QED) is 0.683. The third kappa shape index (κ3) is 3.39. The second-order valence-electron chi connectivity index (χ2n) is 8.50. The van der Waals surface area contributed by atoms with Gasteiger partial charge >= 0.3 is 0 Å². The summed E-state index contributed by atoms with van der Waals surface area (Å²) in [5, 5.41) is 11.1. The topological polar surface area (TPSA) is 81.3 Å². The van der Waals surface area contributed by atoms with Gasteiger partial charge in [0, 0.05) is 29.8 Å². The Hall–Kier alpha value is -2.39. The molecule has 30 heavy (non-hydrogen) atoms. The highest BCUT2D eigenvalue weighted by atomic mass is 35.5. The van der Waals surface area contributed by atoms with E-state index < -0.39 is 5.60 Å². The van der Waals surface area contributed by atoms with E-state index in [2.05, 4.69) is 40.0 Å². The predicted octanol–water partition coefficient (Wildman–Crippen LogP) is 3.86. The summed E-state index contributed by atoms with van der Waals surface area (Å²) in [6.07, 6.45) is 9.19. The van der Waals surface area contributed by atoms with Crippen molar-refractivity contribution in [3.05, 3.63) is 57.9 Å². The molecule has 5 nitrogen and oxygen atoms in total. The molecule has 1 aromatic carbocycles. The van der Waals surface area contributed by atoms with Crippen LogP contribution in [-0.2, 0) is 10.2 Å². The van der Waals surface area contributed by atoms with Gasteiger partial charge in [-0.25, -0.2) is 9.97 Å². The number of halogens is 1. The van der Waals surface area contributed by atoms with Crippen molar-refractivity contribution in [2.24, 2.45) is 0 Å². The van der Waals surface area contributed by atoms with Crippen LogP contribution < -0.4 is 5.73 Å². The van der Waals surface area contributed by atoms with Gasteiger partial charge in [0.1, 0.15) is 5.60 Å². The van der Waals surface area contributed by atoms with E-state index in [4.69, 9.17) is 22.1 Å². The molecular formula is C24H24ClN3O2. The van der Waals surface area contributed by atoms with E-state index in [0.29, 0.717) is 10.7 Å². The van der Waals surface area contributed by atoms with Crippen LogP contribution in [0.3, 0.4) is 0 Å². The number of hydrogen-bond donors (Lipinski definition) is 2. The van der Waals surface area contributed by atoms with Gasteiger partial charge in [0.15, 0.2) is 0 Å². The average Bonchev–Trinajstić information content (AvgIpc) is 3.31. The van der Waals surface area contributed by atoms with Crippen molar-refractivity contribution in [3.63, 3.8) is 0 Å². The first-order chi connectivity index (χ1) is 14.5. The van der Waals surface area contributed by atoms with Crippen LogP contribution in [0.5, 0.6) is 0 Å². The molecule has 0 amide bonds. The molecule has 3 N–H and O–H groups in total. The number of hydrogen-bond acceptors (Lipinski definition) is 5. The number of rotatable bonds is 1. The largest absolute Gasteiger partial charge is 0.381 e. The lowest BCUT2D eigenvalue weighted by Crippen LogP contribution is -2.30. The number of ether oxygens (including phenoxy) is 1. The van der Waals surface area contributed by atoms with Crippen molar-refractivity contribution < 1.29 is 9.84 Å². The molecule has 5 rings (SSSR count). The molecular weight excluding hydrogens is 398 g/mol. The normalized spacial score (nSPS) is 21.1. The zero-order valence-electron chi connectivity index (χ0n) is 16.7. The van der Waals surface area contributed by atoms with E-state index in [0.717, 1.165) is 68.4 Å². The fourth-order valence-corrected chi connectivity index (χ4v) is 5.09. The smallest absolute Gasteiger partial charge is 0.220 e. The van der Waals surface area contributed by atoms with Crippen LogP contribution in [0.25, 0.3) is 5.57 Å². The minimum Gasteiger partial charge on any atom is -0.381 e. The third-order valence-corrected chi connectivity index (χ3v) is 6.82. The van der Waals surface area contributed by atoms with E-state index in [1.807, 2.05) is 6.07 Å². The Labute approximate surface area is 181 Å². The van der Waals surface area contributed by atoms with Crippen LogP contribution in [-0.4, -0.2) is 33.9 Å². The maximum absolute atomic E-state index is 10.6. The molecule has 154 valence electrons. The summed E-state index contributed by atoms with van der Waals surface area (Å²) in [4.78, 5) is 8.45. The Kier molecular flexibility index (Phi) is 4.82. The van der Waals surface area contributed by atoms with Gasteiger partial charge in [0.25, 0.3) is 0 Å². The Morgan fingerprint density at radius 3 is 2.67 bits per heavy atom. The molecule has 2 fully saturated rings. The first-order valence-electron chi connectivity index (χ1n) is 10.5. The number of benzene rings is 1. The van der Waals surface area contributed by atoms with Gasteiger partial charge in [-0.2, -0.15) is 0 Å². The summed E-state index contributed by atoms with van der Waals surface area (Å²) >= 11 is 6.47. The van der Waals surface area contributed by atoms with Gasteiger partial charge in [0.05, 0.1) is 16.9 Å². The highest BCUT2D eigenvalue weighted by Gasteiger charge is 2.40. The summed E-state index contributed by atoms with van der Waals surface area (Å²) in [5.74, 6) is 6.51. The predicted molar refractivity (Wildman–Crippen MR) is 117 cm³/mol. The number of fused-ring (bicyclic) bond motifs is 2. The number of nitrogens with two attached hydrogens (primary N) is 1. The van der Waals surface area contributed by atoms with Crippen LogP contribution in [0, 0.1) is 11.8 Å². The van der Waals surface area contributed by atoms with Crippen LogP contribution in [0.4, 0.5) is 5.95 Å². The van der Waals surface area contributed by atoms with E-state index in [1.54, 1.807) is 6.20 Å². The van der Waals surface area contributed by atoms with Gasteiger partial charge in [-0.15, -0.1) is 0 Å². The van der Waals surface area contributed by atoms with Crippen LogP contribution in [0.2, 0.25) is 5.02 Å². The molecule has 1 saturated heterocycles. The van der Waals surface area contributed by atoms with Crippen molar-refractivity contribution in [1.82, 2.24) is 9.97 Å². The second kappa shape index (κ2) is 7.39. The molecule has 1 aromatic heterocycles. The molecule has 2 heterocycles. The number of anilines is 1. The number of nitrogens with zero attached hydrogens (tertiary/aromatic N) is 2. The summed E-state index contributed by atoms with van der Waals surface area (Å²) in [6, 6.07) is 6.30. The van der Waals surface area contributed by atoms with Gasteiger partial charge in [-0.3, -0.25) is 0 Å². The zero-order chi connectivity index (χ0) is 20.8. The van der Waals surface area contributed by atoms with E-state index in [9.17, 15) is 5.11 Å². The highest BCUT2D eigenvalue weighted by Crippen LogP contribution is 2.49. The number of aliphatic hydroxyl groups is 1. The van der Waals surface area contributed by atoms with Crippen molar-refractivity contribution in [2.45, 2.75) is 49.5 Å². The van der Waals surface area contributed by atoms with Crippen molar-refractivity contribution in [2.75, 3.05) is 18.9 Å². The minimum absolute atomic E-state index is 0.0957. The van der Waals surface area contributed by atoms with Gasteiger partial charge in [-0.1, -0.05) is 35.6 Å². The second-order valence-corrected chi connectivity index (χ2v) is 8.91. The van der Waals surface area contributed by atoms with Crippen molar-refractivity contribution in [3.8, 4) is 11.8 Å². The standard InChI is InChI=1S/C24H24ClN3O2/c25-20-15-27-22(26)28-21(20)18-14-23(9-11-30-12-10-23)19-4-3-16(13-17(18)19)5-8-24(29)6-1-2-7-24/h3-4,13-15,29H,1-2,6-7,9-12H2,(H2,26,27,28). The van der Waals surface area contributed by atoms with E-state index in [-0.39, 0.29) is 11.4 Å². The van der Waals surface area contributed by atoms with Crippen LogP contribution >= 0.6 is 11.6 Å². The van der Waals surface area contributed by atoms with Gasteiger partial charge in [0.2, 0.25) is 5.95 Å². The summed E-state index contributed by atoms with van der Waals surface area (Å²) in [7, 11) is 0. The molecule has 3 aliphatic rings. The summed E-state index contributed by atoms with van der Waals surface area (Å²) in [5.41, 5.74) is 9.73. The average molecular weight is 422 g/mol. The molecule has 2 aliphatic carbocycles. The monoisotopic (exact) mass is 421 g/mol. The maximum atomic E-state index is 10.6. The lowest BCUT2D eigenvalue weighted by molar-refractivity contribution is 0.0662. The first-order valence-corrected chi connectivity index (χ1v) is 10.9. The zero-order valence-corrected chi connectivity index (χ0v) is 17.5. The Morgan fingerprint density at radius 2 is 1.90 bits per heavy atom. The fourth-order valence-electron chi connectivity index (χ4n) is 4.90. The van der Waals surface area contributed by atoms with Gasteiger partial charge in [-0.05, 0) is 61.8 Å². The molecule has 0 atom stereocenters. The Balaban J connectivity index is 1.62. The first kappa shape index (κ1) is 19.6. The molecule has 1 aliphatic heterocycles. The molecule has 0 radical (unpaired) electrons. The van der Waals surface area contributed by atoms with E-state index in [1.165, 1.54) is 5.56 Å². The number of nitrogen functional groups attached to an aromatic ring is 1. The number of aromatic nitrogens is 2. The SMILES string of the molecule is Nc1ncc(Cl)c(C2=CC3(CCOCC3)c3ccc(C#CC4(O)CCCC4)cc32)n1. The molecule has 1 spiro atoms. The third-order valence-electron chi connectivity index (χ3n) is 6.54. The highest BCUT2D eigenvalue weighted by molar-refractivity contribution is 6.32. The lowest BCUT2D eigenvalue weighted by Gasteiger charge is -2.33. The summed E-state index contributed by atoms with van der Waals surface area (Å²) < 4.78 is 5.63. The Bertz CT molecular complexity index is 1090. The van der Waals surface area contributed by atoms with Gasteiger partial charge < -0.3 is 15.6 Å². The van der Waals surface area contributed by atoms with Crippen molar-refractivity contribution in [1.29, 1.82) is 0 Å². The fraction of sp³-hybridized carbons (Fsp3) is 0.417. The summed E-state index contributed by atoms with van der Waals surface area (Å²) in [6.45, 7) is 1.44. The van der Waals surface area contributed by atoms with Crippen LogP contribution in [0.1, 0.15) is 60.9 Å². The molecule has 6 heteroatoms. The molecule has 2 aromatic rings. The Morgan fingerprint density at radius 1 is 1.13 bits per heavy atom.